The standard InChI is InChI=1S/C9H8BrClN2OS/c10-6-3-1-2-4-7(6)12-9(15)13-8(14)5-11/h1-4H,5H2,(H2,12,13,14,15). The van der Waals surface area contributed by atoms with Gasteiger partial charge in [-0.15, -0.1) is 11.6 Å². The molecular formula is C9H8BrClN2OS. The van der Waals surface area contributed by atoms with Crippen molar-refractivity contribution in [3.8, 4) is 0 Å². The highest BCUT2D eigenvalue weighted by Crippen LogP contribution is 2.20. The maximum atomic E-state index is 10.9. The molecule has 0 aromatic heterocycles. The second kappa shape index (κ2) is 6.05. The molecule has 2 N–H and O–H groups in total. The summed E-state index contributed by atoms with van der Waals surface area (Å²) in [6.45, 7) is 0. The zero-order chi connectivity index (χ0) is 11.3. The second-order valence-electron chi connectivity index (χ2n) is 2.62. The first kappa shape index (κ1) is 12.4. The van der Waals surface area contributed by atoms with Crippen LogP contribution in [0.1, 0.15) is 0 Å². The smallest absolute Gasteiger partial charge is 0.241 e. The summed E-state index contributed by atoms with van der Waals surface area (Å²) in [6, 6.07) is 7.45. The number of carbonyl (C=O) groups excluding carboxylic acids is 1. The van der Waals surface area contributed by atoms with Gasteiger partial charge in [0.1, 0.15) is 5.88 Å². The third-order valence-corrected chi connectivity index (χ3v) is 2.63. The second-order valence-corrected chi connectivity index (χ2v) is 4.15. The minimum Gasteiger partial charge on any atom is -0.331 e. The van der Waals surface area contributed by atoms with Crippen LogP contribution in [0.2, 0.25) is 0 Å². The number of nitrogens with one attached hydrogen (secondary N) is 2. The van der Waals surface area contributed by atoms with Crippen LogP contribution in [0.25, 0.3) is 0 Å². The fourth-order valence-corrected chi connectivity index (χ4v) is 1.55. The third-order valence-electron chi connectivity index (χ3n) is 1.50. The van der Waals surface area contributed by atoms with Gasteiger partial charge in [-0.25, -0.2) is 0 Å². The predicted molar refractivity (Wildman–Crippen MR) is 69.2 cm³/mol. The molecule has 3 nitrogen and oxygen atoms in total. The Balaban J connectivity index is 2.59. The molecule has 0 fully saturated rings. The molecule has 80 valence electrons. The number of alkyl halides is 1. The lowest BCUT2D eigenvalue weighted by Crippen LogP contribution is -2.34. The Morgan fingerprint density at radius 3 is 2.73 bits per heavy atom. The molecule has 0 atom stereocenters. The van der Waals surface area contributed by atoms with Crippen LogP contribution in [0, 0.1) is 0 Å². The number of thiocarbonyl (C=S) groups is 1. The molecule has 0 spiro atoms. The van der Waals surface area contributed by atoms with Gasteiger partial charge in [0.25, 0.3) is 0 Å². The quantitative estimate of drug-likeness (QED) is 0.651. The van der Waals surface area contributed by atoms with E-state index in [0.29, 0.717) is 0 Å². The summed E-state index contributed by atoms with van der Waals surface area (Å²) in [4.78, 5) is 10.9. The first-order chi connectivity index (χ1) is 7.13. The Bertz CT molecular complexity index is 386. The van der Waals surface area contributed by atoms with Crippen molar-refractivity contribution in [2.45, 2.75) is 0 Å². The number of para-hydroxylation sites is 1. The highest BCUT2D eigenvalue weighted by atomic mass is 79.9. The summed E-state index contributed by atoms with van der Waals surface area (Å²) in [5, 5.41) is 5.53. The molecule has 0 aliphatic rings. The van der Waals surface area contributed by atoms with Crippen molar-refractivity contribution in [1.82, 2.24) is 5.32 Å². The maximum absolute atomic E-state index is 10.9. The molecule has 0 radical (unpaired) electrons. The van der Waals surface area contributed by atoms with Gasteiger partial charge in [-0.05, 0) is 40.3 Å². The lowest BCUT2D eigenvalue weighted by molar-refractivity contribution is -0.117. The van der Waals surface area contributed by atoms with E-state index in [2.05, 4.69) is 26.6 Å². The molecule has 0 aliphatic carbocycles. The van der Waals surface area contributed by atoms with E-state index in [9.17, 15) is 4.79 Å². The van der Waals surface area contributed by atoms with Crippen LogP contribution in [0.3, 0.4) is 0 Å². The number of halogens is 2. The van der Waals surface area contributed by atoms with Crippen LogP contribution < -0.4 is 10.6 Å². The van der Waals surface area contributed by atoms with Gasteiger partial charge in [-0.3, -0.25) is 4.79 Å². The number of carbonyl (C=O) groups is 1. The minimum atomic E-state index is -0.332. The lowest BCUT2D eigenvalue weighted by Gasteiger charge is -2.09. The van der Waals surface area contributed by atoms with Crippen molar-refractivity contribution in [2.24, 2.45) is 0 Å². The number of rotatable bonds is 2. The number of hydrogen-bond acceptors (Lipinski definition) is 2. The van der Waals surface area contributed by atoms with Crippen LogP contribution in [-0.4, -0.2) is 16.9 Å². The zero-order valence-electron chi connectivity index (χ0n) is 7.59. The number of anilines is 1. The van der Waals surface area contributed by atoms with E-state index < -0.39 is 0 Å². The van der Waals surface area contributed by atoms with Gasteiger partial charge in [0.15, 0.2) is 5.11 Å². The van der Waals surface area contributed by atoms with Crippen molar-refractivity contribution in [1.29, 1.82) is 0 Å². The molecule has 1 aromatic rings. The first-order valence-corrected chi connectivity index (χ1v) is 5.78. The van der Waals surface area contributed by atoms with E-state index in [-0.39, 0.29) is 16.9 Å². The van der Waals surface area contributed by atoms with Gasteiger partial charge in [0, 0.05) is 4.47 Å². The average Bonchev–Trinajstić information content (AvgIpc) is 2.21. The normalized spacial score (nSPS) is 9.47. The maximum Gasteiger partial charge on any atom is 0.241 e. The number of benzene rings is 1. The molecule has 0 heterocycles. The Labute approximate surface area is 106 Å². The van der Waals surface area contributed by atoms with Crippen LogP contribution in [0.5, 0.6) is 0 Å². The summed E-state index contributed by atoms with van der Waals surface area (Å²) in [5.74, 6) is -0.446. The third kappa shape index (κ3) is 4.15. The Morgan fingerprint density at radius 1 is 1.47 bits per heavy atom. The molecule has 1 amide bonds. The Hall–Kier alpha value is -0.650. The van der Waals surface area contributed by atoms with E-state index in [1.807, 2.05) is 24.3 Å². The summed E-state index contributed by atoms with van der Waals surface area (Å²) in [7, 11) is 0. The molecule has 1 rings (SSSR count). The van der Waals surface area contributed by atoms with Gasteiger partial charge in [-0.2, -0.15) is 0 Å². The summed E-state index contributed by atoms with van der Waals surface area (Å²) in [6.07, 6.45) is 0. The van der Waals surface area contributed by atoms with Crippen LogP contribution in [0.15, 0.2) is 28.7 Å². The molecule has 0 saturated carbocycles. The van der Waals surface area contributed by atoms with Gasteiger partial charge in [0.05, 0.1) is 5.69 Å². The van der Waals surface area contributed by atoms with Crippen molar-refractivity contribution < 1.29 is 4.79 Å². The van der Waals surface area contributed by atoms with E-state index >= 15 is 0 Å². The fourth-order valence-electron chi connectivity index (χ4n) is 0.876. The number of hydrogen-bond donors (Lipinski definition) is 2. The number of amides is 1. The van der Waals surface area contributed by atoms with Crippen molar-refractivity contribution in [2.75, 3.05) is 11.2 Å². The SMILES string of the molecule is O=C(CCl)NC(=S)Nc1ccccc1Br. The topological polar surface area (TPSA) is 41.1 Å². The molecule has 0 saturated heterocycles. The summed E-state index contributed by atoms with van der Waals surface area (Å²) < 4.78 is 0.868. The highest BCUT2D eigenvalue weighted by molar-refractivity contribution is 9.10. The van der Waals surface area contributed by atoms with E-state index in [1.165, 1.54) is 0 Å². The monoisotopic (exact) mass is 306 g/mol. The largest absolute Gasteiger partial charge is 0.331 e. The van der Waals surface area contributed by atoms with Crippen molar-refractivity contribution in [3.05, 3.63) is 28.7 Å². The van der Waals surface area contributed by atoms with E-state index in [0.717, 1.165) is 10.2 Å². The van der Waals surface area contributed by atoms with Crippen molar-refractivity contribution in [3.63, 3.8) is 0 Å². The first-order valence-electron chi connectivity index (χ1n) is 4.05. The van der Waals surface area contributed by atoms with Gasteiger partial charge in [0.2, 0.25) is 5.91 Å². The zero-order valence-corrected chi connectivity index (χ0v) is 10.7. The molecular weight excluding hydrogens is 300 g/mol. The average molecular weight is 308 g/mol. The molecule has 6 heteroatoms. The van der Waals surface area contributed by atoms with Crippen LogP contribution in [-0.2, 0) is 4.79 Å². The molecule has 1 aromatic carbocycles. The molecule has 0 aliphatic heterocycles. The van der Waals surface area contributed by atoms with Crippen LogP contribution in [0.4, 0.5) is 5.69 Å². The fraction of sp³-hybridized carbons (Fsp3) is 0.111. The predicted octanol–water partition coefficient (Wildman–Crippen LogP) is 2.50. The van der Waals surface area contributed by atoms with Crippen molar-refractivity contribution >= 4 is 56.5 Å². The van der Waals surface area contributed by atoms with Gasteiger partial charge >= 0.3 is 0 Å². The van der Waals surface area contributed by atoms with Gasteiger partial charge in [-0.1, -0.05) is 12.1 Å². The Kier molecular flexibility index (Phi) is 5.01. The Morgan fingerprint density at radius 2 is 2.13 bits per heavy atom. The lowest BCUT2D eigenvalue weighted by atomic mass is 10.3. The van der Waals surface area contributed by atoms with E-state index in [4.69, 9.17) is 23.8 Å². The van der Waals surface area contributed by atoms with Gasteiger partial charge < -0.3 is 10.6 Å². The van der Waals surface area contributed by atoms with E-state index in [1.54, 1.807) is 0 Å². The molecule has 0 bridgehead atoms. The highest BCUT2D eigenvalue weighted by Gasteiger charge is 2.04. The summed E-state index contributed by atoms with van der Waals surface area (Å²) in [5.41, 5.74) is 0.789. The molecule has 15 heavy (non-hydrogen) atoms. The summed E-state index contributed by atoms with van der Waals surface area (Å²) >= 11 is 13.6. The molecule has 0 unspecified atom stereocenters. The van der Waals surface area contributed by atoms with Crippen LogP contribution >= 0.6 is 39.7 Å². The minimum absolute atomic E-state index is 0.113.